The minimum Gasteiger partial charge on any atom is -0.369 e. The summed E-state index contributed by atoms with van der Waals surface area (Å²) < 4.78 is 0.977. The van der Waals surface area contributed by atoms with Crippen LogP contribution in [0.25, 0.3) is 11.4 Å². The number of aryl methyl sites for hydroxylation is 1. The van der Waals surface area contributed by atoms with Gasteiger partial charge in [0.25, 0.3) is 0 Å². The maximum atomic E-state index is 4.68. The Balaban J connectivity index is 2.44. The van der Waals surface area contributed by atoms with E-state index in [4.69, 9.17) is 0 Å². The number of rotatable bonds is 6. The maximum Gasteiger partial charge on any atom is 0.161 e. The van der Waals surface area contributed by atoms with E-state index in [1.54, 1.807) is 12.4 Å². The first-order chi connectivity index (χ1) is 9.76. The van der Waals surface area contributed by atoms with E-state index in [1.165, 1.54) is 0 Å². The van der Waals surface area contributed by atoms with Crippen molar-refractivity contribution in [3.8, 4) is 11.4 Å². The van der Waals surface area contributed by atoms with Crippen LogP contribution in [0.2, 0.25) is 0 Å². The average molecular weight is 335 g/mol. The van der Waals surface area contributed by atoms with Gasteiger partial charge in [0.1, 0.15) is 5.82 Å². The summed E-state index contributed by atoms with van der Waals surface area (Å²) >= 11 is 3.62. The zero-order valence-corrected chi connectivity index (χ0v) is 13.4. The highest BCUT2D eigenvalue weighted by Gasteiger charge is 2.12. The Bertz CT molecular complexity index is 557. The van der Waals surface area contributed by atoms with Crippen LogP contribution in [0.15, 0.2) is 29.0 Å². The Hall–Kier alpha value is -1.49. The molecule has 0 saturated heterocycles. The molecule has 2 heterocycles. The molecule has 4 nitrogen and oxygen atoms in total. The fourth-order valence-electron chi connectivity index (χ4n) is 1.89. The van der Waals surface area contributed by atoms with E-state index in [2.05, 4.69) is 50.0 Å². The van der Waals surface area contributed by atoms with E-state index < -0.39 is 0 Å². The third-order valence-corrected chi connectivity index (χ3v) is 3.72. The molecule has 5 heteroatoms. The Morgan fingerprint density at radius 3 is 2.50 bits per heavy atom. The molecule has 0 aliphatic rings. The number of halogens is 1. The molecule has 2 aromatic heterocycles. The van der Waals surface area contributed by atoms with Crippen LogP contribution in [0.3, 0.4) is 0 Å². The molecule has 0 bridgehead atoms. The first-order valence-electron chi connectivity index (χ1n) is 6.97. The molecule has 2 aromatic rings. The minimum absolute atomic E-state index is 0.748. The van der Waals surface area contributed by atoms with Crippen molar-refractivity contribution in [3.05, 3.63) is 34.7 Å². The summed E-state index contributed by atoms with van der Waals surface area (Å²) in [6.07, 6.45) is 6.57. The summed E-state index contributed by atoms with van der Waals surface area (Å²) in [6, 6.07) is 3.87. The van der Waals surface area contributed by atoms with E-state index in [9.17, 15) is 0 Å². The standard InChI is InChI=1S/C15H19BrN4/c1-3-5-12-13(16)15(18-8-4-2)20-14(19-12)11-6-9-17-10-7-11/h6-7,9-10H,3-5,8H2,1-2H3,(H,18,19,20). The van der Waals surface area contributed by atoms with Gasteiger partial charge in [-0.15, -0.1) is 0 Å². The van der Waals surface area contributed by atoms with Gasteiger partial charge in [-0.25, -0.2) is 9.97 Å². The van der Waals surface area contributed by atoms with Crippen LogP contribution in [-0.2, 0) is 6.42 Å². The van der Waals surface area contributed by atoms with Gasteiger partial charge < -0.3 is 5.32 Å². The SMILES string of the molecule is CCCNc1nc(-c2ccncc2)nc(CCC)c1Br. The highest BCUT2D eigenvalue weighted by Crippen LogP contribution is 2.27. The van der Waals surface area contributed by atoms with E-state index in [-0.39, 0.29) is 0 Å². The molecule has 106 valence electrons. The molecule has 2 rings (SSSR count). The molecule has 0 aliphatic heterocycles. The number of pyridine rings is 1. The van der Waals surface area contributed by atoms with Crippen molar-refractivity contribution >= 4 is 21.7 Å². The number of nitrogens with one attached hydrogen (secondary N) is 1. The first-order valence-corrected chi connectivity index (χ1v) is 7.76. The lowest BCUT2D eigenvalue weighted by Crippen LogP contribution is -2.07. The van der Waals surface area contributed by atoms with E-state index in [0.29, 0.717) is 0 Å². The quantitative estimate of drug-likeness (QED) is 0.864. The van der Waals surface area contributed by atoms with Gasteiger partial charge in [0, 0.05) is 24.5 Å². The molecule has 1 N–H and O–H groups in total. The third-order valence-electron chi connectivity index (χ3n) is 2.89. The highest BCUT2D eigenvalue weighted by molar-refractivity contribution is 9.10. The second kappa shape index (κ2) is 7.33. The highest BCUT2D eigenvalue weighted by atomic mass is 79.9. The van der Waals surface area contributed by atoms with Gasteiger partial charge in [-0.3, -0.25) is 4.98 Å². The Labute approximate surface area is 128 Å². The molecule has 0 aliphatic carbocycles. The van der Waals surface area contributed by atoms with Crippen molar-refractivity contribution in [2.75, 3.05) is 11.9 Å². The van der Waals surface area contributed by atoms with Gasteiger partial charge in [-0.1, -0.05) is 20.3 Å². The summed E-state index contributed by atoms with van der Waals surface area (Å²) in [7, 11) is 0. The minimum atomic E-state index is 0.748. The molecule has 0 spiro atoms. The molecule has 0 saturated carbocycles. The van der Waals surface area contributed by atoms with Crippen LogP contribution in [0.4, 0.5) is 5.82 Å². The van der Waals surface area contributed by atoms with Gasteiger partial charge in [-0.2, -0.15) is 0 Å². The van der Waals surface area contributed by atoms with Crippen LogP contribution in [0.5, 0.6) is 0 Å². The van der Waals surface area contributed by atoms with Gasteiger partial charge in [0.05, 0.1) is 10.2 Å². The Morgan fingerprint density at radius 1 is 1.10 bits per heavy atom. The molecule has 0 atom stereocenters. The molecule has 0 fully saturated rings. The molecule has 0 aromatic carbocycles. The average Bonchev–Trinajstić information content (AvgIpc) is 2.49. The van der Waals surface area contributed by atoms with Crippen molar-refractivity contribution in [1.29, 1.82) is 0 Å². The Kier molecular flexibility index (Phi) is 5.47. The van der Waals surface area contributed by atoms with Crippen molar-refractivity contribution in [3.63, 3.8) is 0 Å². The van der Waals surface area contributed by atoms with Gasteiger partial charge in [0.15, 0.2) is 5.82 Å². The summed E-state index contributed by atoms with van der Waals surface area (Å²) in [4.78, 5) is 13.3. The van der Waals surface area contributed by atoms with Gasteiger partial charge >= 0.3 is 0 Å². The topological polar surface area (TPSA) is 50.7 Å². The molecule has 0 unspecified atom stereocenters. The van der Waals surface area contributed by atoms with Crippen molar-refractivity contribution in [1.82, 2.24) is 15.0 Å². The predicted molar refractivity (Wildman–Crippen MR) is 85.7 cm³/mol. The van der Waals surface area contributed by atoms with Gasteiger partial charge in [-0.05, 0) is 40.9 Å². The summed E-state index contributed by atoms with van der Waals surface area (Å²) in [5.41, 5.74) is 2.04. The monoisotopic (exact) mass is 334 g/mol. The second-order valence-corrected chi connectivity index (χ2v) is 5.36. The number of hydrogen-bond acceptors (Lipinski definition) is 4. The lowest BCUT2D eigenvalue weighted by atomic mass is 10.2. The van der Waals surface area contributed by atoms with Crippen molar-refractivity contribution in [2.24, 2.45) is 0 Å². The van der Waals surface area contributed by atoms with Crippen LogP contribution in [-0.4, -0.2) is 21.5 Å². The largest absolute Gasteiger partial charge is 0.369 e. The van der Waals surface area contributed by atoms with Crippen molar-refractivity contribution in [2.45, 2.75) is 33.1 Å². The van der Waals surface area contributed by atoms with Crippen LogP contribution >= 0.6 is 15.9 Å². The summed E-state index contributed by atoms with van der Waals surface area (Å²) in [6.45, 7) is 5.19. The third kappa shape index (κ3) is 3.54. The van der Waals surface area contributed by atoms with E-state index in [0.717, 1.165) is 53.2 Å². The van der Waals surface area contributed by atoms with E-state index in [1.807, 2.05) is 12.1 Å². The summed E-state index contributed by atoms with van der Waals surface area (Å²) in [5, 5.41) is 3.36. The molecular formula is C15H19BrN4. The second-order valence-electron chi connectivity index (χ2n) is 4.57. The number of nitrogens with zero attached hydrogens (tertiary/aromatic N) is 3. The lowest BCUT2D eigenvalue weighted by Gasteiger charge is -2.12. The fourth-order valence-corrected chi connectivity index (χ4v) is 2.40. The van der Waals surface area contributed by atoms with E-state index >= 15 is 0 Å². The molecule has 0 amide bonds. The van der Waals surface area contributed by atoms with Crippen LogP contribution in [0.1, 0.15) is 32.4 Å². The predicted octanol–water partition coefficient (Wildman–Crippen LogP) is 4.08. The molecule has 20 heavy (non-hydrogen) atoms. The number of anilines is 1. The molecule has 0 radical (unpaired) electrons. The van der Waals surface area contributed by atoms with Gasteiger partial charge in [0.2, 0.25) is 0 Å². The normalized spacial score (nSPS) is 10.6. The zero-order chi connectivity index (χ0) is 14.4. The zero-order valence-electron chi connectivity index (χ0n) is 11.9. The Morgan fingerprint density at radius 2 is 1.85 bits per heavy atom. The van der Waals surface area contributed by atoms with Crippen LogP contribution in [0, 0.1) is 0 Å². The molecular weight excluding hydrogens is 316 g/mol. The smallest absolute Gasteiger partial charge is 0.161 e. The van der Waals surface area contributed by atoms with Crippen molar-refractivity contribution < 1.29 is 0 Å². The summed E-state index contributed by atoms with van der Waals surface area (Å²) in [5.74, 6) is 1.62. The number of aromatic nitrogens is 3. The number of hydrogen-bond donors (Lipinski definition) is 1. The lowest BCUT2D eigenvalue weighted by molar-refractivity contribution is 0.864. The first kappa shape index (κ1) is 14.9. The maximum absolute atomic E-state index is 4.68. The van der Waals surface area contributed by atoms with Crippen LogP contribution < -0.4 is 5.32 Å². The fraction of sp³-hybridized carbons (Fsp3) is 0.400.